The summed E-state index contributed by atoms with van der Waals surface area (Å²) in [6.45, 7) is 3.84. The molecule has 0 aromatic carbocycles. The molecule has 66 valence electrons. The Morgan fingerprint density at radius 2 is 2.18 bits per heavy atom. The minimum absolute atomic E-state index is 0.906. The molecule has 1 fully saturated rings. The van der Waals surface area contributed by atoms with Gasteiger partial charge in [-0.3, -0.25) is 0 Å². The van der Waals surface area contributed by atoms with Gasteiger partial charge in [-0.2, -0.15) is 0 Å². The highest BCUT2D eigenvalue weighted by Crippen LogP contribution is 2.14. The Labute approximate surface area is 70.2 Å². The molecule has 0 N–H and O–H groups in total. The number of piperidine rings is 1. The smallest absolute Gasteiger partial charge is 0.00188 e. The zero-order valence-corrected chi connectivity index (χ0v) is 8.01. The third-order valence-corrected chi connectivity index (χ3v) is 2.35. The Hall–Kier alpha value is -0.0800. The highest BCUT2D eigenvalue weighted by atomic mass is 15.1. The van der Waals surface area contributed by atoms with Crippen LogP contribution < -0.4 is 0 Å². The van der Waals surface area contributed by atoms with Gasteiger partial charge in [0.15, 0.2) is 0 Å². The molecule has 1 aliphatic rings. The Morgan fingerprint density at radius 1 is 1.45 bits per heavy atom. The molecular formula is C9H20N2. The van der Waals surface area contributed by atoms with E-state index in [1.807, 2.05) is 0 Å². The quantitative estimate of drug-likeness (QED) is 0.586. The van der Waals surface area contributed by atoms with Crippen LogP contribution in [0.3, 0.4) is 0 Å². The van der Waals surface area contributed by atoms with Crippen LogP contribution in [0.15, 0.2) is 0 Å². The van der Waals surface area contributed by atoms with E-state index in [2.05, 4.69) is 30.9 Å². The van der Waals surface area contributed by atoms with Crippen LogP contribution in [-0.2, 0) is 0 Å². The molecule has 0 aliphatic carbocycles. The van der Waals surface area contributed by atoms with Gasteiger partial charge in [-0.25, -0.2) is 0 Å². The molecule has 0 unspecified atom stereocenters. The fourth-order valence-electron chi connectivity index (χ4n) is 1.94. The first kappa shape index (κ1) is 9.01. The molecule has 1 heterocycles. The van der Waals surface area contributed by atoms with Crippen molar-refractivity contribution in [1.82, 2.24) is 9.80 Å². The number of hydrogen-bond acceptors (Lipinski definition) is 2. The van der Waals surface area contributed by atoms with E-state index >= 15 is 0 Å². The van der Waals surface area contributed by atoms with Gasteiger partial charge in [-0.1, -0.05) is 0 Å². The minimum Gasteiger partial charge on any atom is -0.309 e. The van der Waals surface area contributed by atoms with Gasteiger partial charge < -0.3 is 9.80 Å². The summed E-state index contributed by atoms with van der Waals surface area (Å²) in [5.74, 6) is 0.906. The maximum absolute atomic E-state index is 2.44. The molecule has 1 saturated heterocycles. The second kappa shape index (κ2) is 4.07. The molecule has 2 nitrogen and oxygen atoms in total. The van der Waals surface area contributed by atoms with Gasteiger partial charge in [0.2, 0.25) is 0 Å². The first-order valence-electron chi connectivity index (χ1n) is 4.52. The second-order valence-electron chi connectivity index (χ2n) is 4.03. The van der Waals surface area contributed by atoms with Crippen molar-refractivity contribution in [3.8, 4) is 0 Å². The van der Waals surface area contributed by atoms with Crippen molar-refractivity contribution in [3.05, 3.63) is 0 Å². The van der Waals surface area contributed by atoms with E-state index in [1.165, 1.54) is 32.5 Å². The summed E-state index contributed by atoms with van der Waals surface area (Å²) in [5.41, 5.74) is 0. The van der Waals surface area contributed by atoms with Gasteiger partial charge in [0.05, 0.1) is 0 Å². The summed E-state index contributed by atoms with van der Waals surface area (Å²) in [5, 5.41) is 0. The summed E-state index contributed by atoms with van der Waals surface area (Å²) in [6, 6.07) is 0. The number of hydrogen-bond donors (Lipinski definition) is 0. The average molecular weight is 156 g/mol. The van der Waals surface area contributed by atoms with Crippen molar-refractivity contribution < 1.29 is 0 Å². The van der Waals surface area contributed by atoms with Gasteiger partial charge in [-0.15, -0.1) is 0 Å². The van der Waals surface area contributed by atoms with Crippen molar-refractivity contribution in [3.63, 3.8) is 0 Å². The largest absolute Gasteiger partial charge is 0.309 e. The summed E-state index contributed by atoms with van der Waals surface area (Å²) in [7, 11) is 6.55. The Kier molecular flexibility index (Phi) is 3.34. The minimum atomic E-state index is 0.906. The fraction of sp³-hybridized carbons (Fsp3) is 1.00. The zero-order valence-electron chi connectivity index (χ0n) is 8.01. The molecule has 11 heavy (non-hydrogen) atoms. The zero-order chi connectivity index (χ0) is 8.27. The van der Waals surface area contributed by atoms with Crippen LogP contribution in [-0.4, -0.2) is 50.6 Å². The lowest BCUT2D eigenvalue weighted by Crippen LogP contribution is -2.36. The lowest BCUT2D eigenvalue weighted by molar-refractivity contribution is 0.178. The van der Waals surface area contributed by atoms with E-state index in [0.29, 0.717) is 0 Å². The van der Waals surface area contributed by atoms with Crippen molar-refractivity contribution in [2.75, 3.05) is 40.8 Å². The Morgan fingerprint density at radius 3 is 2.73 bits per heavy atom. The van der Waals surface area contributed by atoms with Crippen molar-refractivity contribution in [2.45, 2.75) is 12.8 Å². The highest BCUT2D eigenvalue weighted by Gasteiger charge is 2.16. The van der Waals surface area contributed by atoms with E-state index in [9.17, 15) is 0 Å². The van der Waals surface area contributed by atoms with E-state index in [0.717, 1.165) is 5.92 Å². The summed E-state index contributed by atoms with van der Waals surface area (Å²) in [6.07, 6.45) is 2.80. The molecule has 0 bridgehead atoms. The Bertz CT molecular complexity index is 110. The van der Waals surface area contributed by atoms with Crippen LogP contribution in [0.5, 0.6) is 0 Å². The lowest BCUT2D eigenvalue weighted by atomic mass is 9.98. The molecule has 0 radical (unpaired) electrons. The van der Waals surface area contributed by atoms with Crippen LogP contribution in [0, 0.1) is 5.92 Å². The van der Waals surface area contributed by atoms with Crippen molar-refractivity contribution in [2.24, 2.45) is 5.92 Å². The van der Waals surface area contributed by atoms with Gasteiger partial charge >= 0.3 is 0 Å². The van der Waals surface area contributed by atoms with Crippen molar-refractivity contribution in [1.29, 1.82) is 0 Å². The first-order chi connectivity index (χ1) is 5.18. The molecule has 0 saturated carbocycles. The van der Waals surface area contributed by atoms with Gasteiger partial charge in [-0.05, 0) is 46.4 Å². The van der Waals surface area contributed by atoms with E-state index in [4.69, 9.17) is 0 Å². The van der Waals surface area contributed by atoms with Crippen LogP contribution in [0.1, 0.15) is 12.8 Å². The van der Waals surface area contributed by atoms with Gasteiger partial charge in [0.25, 0.3) is 0 Å². The fourth-order valence-corrected chi connectivity index (χ4v) is 1.94. The average Bonchev–Trinajstić information content (AvgIpc) is 1.85. The molecule has 0 amide bonds. The normalized spacial score (nSPS) is 27.8. The van der Waals surface area contributed by atoms with Gasteiger partial charge in [0.1, 0.15) is 0 Å². The molecule has 2 heteroatoms. The molecule has 0 spiro atoms. The predicted molar refractivity (Wildman–Crippen MR) is 48.8 cm³/mol. The molecule has 1 aliphatic heterocycles. The summed E-state index contributed by atoms with van der Waals surface area (Å²) < 4.78 is 0. The van der Waals surface area contributed by atoms with Gasteiger partial charge in [0, 0.05) is 13.1 Å². The van der Waals surface area contributed by atoms with Crippen molar-refractivity contribution >= 4 is 0 Å². The summed E-state index contributed by atoms with van der Waals surface area (Å²) >= 11 is 0. The highest BCUT2D eigenvalue weighted by molar-refractivity contribution is 4.71. The third-order valence-electron chi connectivity index (χ3n) is 2.35. The maximum Gasteiger partial charge on any atom is 0.00188 e. The second-order valence-corrected chi connectivity index (χ2v) is 4.03. The summed E-state index contributed by atoms with van der Waals surface area (Å²) in [4.78, 5) is 4.74. The van der Waals surface area contributed by atoms with Crippen LogP contribution in [0.25, 0.3) is 0 Å². The third kappa shape index (κ3) is 3.21. The number of likely N-dealkylation sites (tertiary alicyclic amines) is 1. The molecular weight excluding hydrogens is 136 g/mol. The number of rotatable bonds is 2. The standard InChI is InChI=1S/C9H20N2/c1-10(2)7-9-5-4-6-11(3)8-9/h9H,4-8H2,1-3H3/t9-/m1/s1. The monoisotopic (exact) mass is 156 g/mol. The molecule has 1 atom stereocenters. The molecule has 0 aromatic heterocycles. The maximum atomic E-state index is 2.44. The van der Waals surface area contributed by atoms with E-state index in [-0.39, 0.29) is 0 Å². The predicted octanol–water partition coefficient (Wildman–Crippen LogP) is 0.890. The number of nitrogens with zero attached hydrogens (tertiary/aromatic N) is 2. The Balaban J connectivity index is 2.23. The van der Waals surface area contributed by atoms with Crippen LogP contribution >= 0.6 is 0 Å². The molecule has 0 aromatic rings. The van der Waals surface area contributed by atoms with Crippen LogP contribution in [0.2, 0.25) is 0 Å². The first-order valence-corrected chi connectivity index (χ1v) is 4.52. The van der Waals surface area contributed by atoms with E-state index in [1.54, 1.807) is 0 Å². The lowest BCUT2D eigenvalue weighted by Gasteiger charge is -2.31. The van der Waals surface area contributed by atoms with E-state index < -0.39 is 0 Å². The SMILES string of the molecule is CN(C)C[C@H]1CCCN(C)C1. The molecule has 1 rings (SSSR count). The topological polar surface area (TPSA) is 6.48 Å². The van der Waals surface area contributed by atoms with Crippen LogP contribution in [0.4, 0.5) is 0 Å².